The van der Waals surface area contributed by atoms with E-state index < -0.39 is 29.3 Å². The van der Waals surface area contributed by atoms with Gasteiger partial charge in [-0.2, -0.15) is 0 Å². The number of benzene rings is 1. The van der Waals surface area contributed by atoms with Crippen LogP contribution in [0.1, 0.15) is 16.1 Å². The Morgan fingerprint density at radius 3 is 2.53 bits per heavy atom. The van der Waals surface area contributed by atoms with Crippen molar-refractivity contribution in [3.63, 3.8) is 0 Å². The molecule has 30 heavy (non-hydrogen) atoms. The van der Waals surface area contributed by atoms with Gasteiger partial charge in [-0.1, -0.05) is 12.1 Å². The number of hydrogen-bond donors (Lipinski definition) is 3. The van der Waals surface area contributed by atoms with Crippen LogP contribution in [0.25, 0.3) is 10.9 Å². The first kappa shape index (κ1) is 20.6. The Morgan fingerprint density at radius 2 is 1.87 bits per heavy atom. The zero-order valence-electron chi connectivity index (χ0n) is 16.1. The Kier molecular flexibility index (Phi) is 5.86. The van der Waals surface area contributed by atoms with Crippen molar-refractivity contribution < 1.29 is 23.9 Å². The SMILES string of the molecule is CNC(=O)C(=O)N(C)c1nc(C(=O)NCc2ccc(F)cc2)c(O)c2ncccc12. The number of likely N-dealkylation sites (N-methyl/N-ethyl adjacent to an activating group) is 2. The van der Waals surface area contributed by atoms with Crippen LogP contribution in [0.4, 0.5) is 10.2 Å². The number of anilines is 1. The van der Waals surface area contributed by atoms with Gasteiger partial charge in [-0.05, 0) is 29.8 Å². The molecular formula is C20H18FN5O4. The third kappa shape index (κ3) is 4.02. The van der Waals surface area contributed by atoms with Gasteiger partial charge in [0.25, 0.3) is 5.91 Å². The van der Waals surface area contributed by atoms with Crippen molar-refractivity contribution in [2.45, 2.75) is 6.54 Å². The molecule has 0 fully saturated rings. The Labute approximate surface area is 170 Å². The average molecular weight is 411 g/mol. The number of hydrogen-bond acceptors (Lipinski definition) is 6. The average Bonchev–Trinajstić information content (AvgIpc) is 2.77. The standard InChI is InChI=1S/C20H18FN5O4/c1-22-19(29)20(30)26(2)17-13-4-3-9-23-14(13)16(27)15(25-17)18(28)24-10-11-5-7-12(21)8-6-11/h3-9,27H,10H2,1-2H3,(H,22,29)(H,24,28). The van der Waals surface area contributed by atoms with Crippen molar-refractivity contribution in [3.05, 3.63) is 59.7 Å². The van der Waals surface area contributed by atoms with Gasteiger partial charge in [0.05, 0.1) is 0 Å². The van der Waals surface area contributed by atoms with E-state index in [-0.39, 0.29) is 29.0 Å². The molecule has 0 atom stereocenters. The number of amides is 3. The van der Waals surface area contributed by atoms with Crippen LogP contribution in [-0.2, 0) is 16.1 Å². The Bertz CT molecular complexity index is 1130. The monoisotopic (exact) mass is 411 g/mol. The number of nitrogens with one attached hydrogen (secondary N) is 2. The van der Waals surface area contributed by atoms with Gasteiger partial charge in [0, 0.05) is 32.2 Å². The highest BCUT2D eigenvalue weighted by Crippen LogP contribution is 2.32. The molecule has 0 aliphatic rings. The van der Waals surface area contributed by atoms with Crippen molar-refractivity contribution in [3.8, 4) is 5.75 Å². The minimum atomic E-state index is -0.904. The second-order valence-electron chi connectivity index (χ2n) is 6.28. The van der Waals surface area contributed by atoms with Gasteiger partial charge in [-0.25, -0.2) is 9.37 Å². The number of pyridine rings is 2. The molecule has 0 spiro atoms. The summed E-state index contributed by atoms with van der Waals surface area (Å²) in [5.41, 5.74) is 0.316. The maximum atomic E-state index is 13.0. The van der Waals surface area contributed by atoms with Gasteiger partial charge < -0.3 is 15.7 Å². The fourth-order valence-corrected chi connectivity index (χ4v) is 2.74. The van der Waals surface area contributed by atoms with Crippen LogP contribution in [0, 0.1) is 5.82 Å². The number of carbonyl (C=O) groups excluding carboxylic acids is 3. The summed E-state index contributed by atoms with van der Waals surface area (Å²) in [5.74, 6) is -3.39. The molecular weight excluding hydrogens is 393 g/mol. The highest BCUT2D eigenvalue weighted by molar-refractivity contribution is 6.40. The zero-order chi connectivity index (χ0) is 21.8. The van der Waals surface area contributed by atoms with E-state index in [9.17, 15) is 23.9 Å². The molecule has 1 aromatic carbocycles. The highest BCUT2D eigenvalue weighted by atomic mass is 19.1. The lowest BCUT2D eigenvalue weighted by atomic mass is 10.1. The smallest absolute Gasteiger partial charge is 0.317 e. The van der Waals surface area contributed by atoms with E-state index in [1.54, 1.807) is 12.1 Å². The predicted octanol–water partition coefficient (Wildman–Crippen LogP) is 1.11. The number of aromatic hydroxyl groups is 1. The van der Waals surface area contributed by atoms with E-state index >= 15 is 0 Å². The zero-order valence-corrected chi connectivity index (χ0v) is 16.1. The van der Waals surface area contributed by atoms with Crippen LogP contribution < -0.4 is 15.5 Å². The molecule has 3 aromatic rings. The fourth-order valence-electron chi connectivity index (χ4n) is 2.74. The molecule has 0 aliphatic heterocycles. The maximum Gasteiger partial charge on any atom is 0.317 e. The van der Waals surface area contributed by atoms with Crippen LogP contribution in [0.5, 0.6) is 5.75 Å². The van der Waals surface area contributed by atoms with Crippen LogP contribution >= 0.6 is 0 Å². The topological polar surface area (TPSA) is 125 Å². The Balaban J connectivity index is 1.99. The van der Waals surface area contributed by atoms with Crippen molar-refractivity contribution in [2.75, 3.05) is 19.0 Å². The predicted molar refractivity (Wildman–Crippen MR) is 106 cm³/mol. The fraction of sp³-hybridized carbons (Fsp3) is 0.150. The molecule has 9 nitrogen and oxygen atoms in total. The van der Waals surface area contributed by atoms with Crippen LogP contribution in [0.15, 0.2) is 42.6 Å². The molecule has 2 aromatic heterocycles. The first-order chi connectivity index (χ1) is 14.3. The quantitative estimate of drug-likeness (QED) is 0.553. The number of halogens is 1. The summed E-state index contributed by atoms with van der Waals surface area (Å²) < 4.78 is 13.0. The molecule has 154 valence electrons. The molecule has 3 amide bonds. The van der Waals surface area contributed by atoms with E-state index in [4.69, 9.17) is 0 Å². The summed E-state index contributed by atoms with van der Waals surface area (Å²) >= 11 is 0. The van der Waals surface area contributed by atoms with E-state index in [1.807, 2.05) is 0 Å². The lowest BCUT2D eigenvalue weighted by Crippen LogP contribution is -2.40. The Hall–Kier alpha value is -4.08. The first-order valence-electron chi connectivity index (χ1n) is 8.83. The summed E-state index contributed by atoms with van der Waals surface area (Å²) in [4.78, 5) is 45.8. The largest absolute Gasteiger partial charge is 0.504 e. The minimum absolute atomic E-state index is 0.0172. The molecule has 3 rings (SSSR count). The van der Waals surface area contributed by atoms with Gasteiger partial charge in [-0.3, -0.25) is 24.3 Å². The van der Waals surface area contributed by atoms with Crippen molar-refractivity contribution in [1.82, 2.24) is 20.6 Å². The van der Waals surface area contributed by atoms with E-state index in [1.165, 1.54) is 44.6 Å². The molecule has 3 N–H and O–H groups in total. The van der Waals surface area contributed by atoms with Crippen LogP contribution in [0.2, 0.25) is 0 Å². The number of aromatic nitrogens is 2. The molecule has 10 heteroatoms. The highest BCUT2D eigenvalue weighted by Gasteiger charge is 2.26. The van der Waals surface area contributed by atoms with E-state index in [2.05, 4.69) is 20.6 Å². The number of carbonyl (C=O) groups is 3. The summed E-state index contributed by atoms with van der Waals surface area (Å²) in [5, 5.41) is 15.6. The normalized spacial score (nSPS) is 10.5. The second-order valence-corrected chi connectivity index (χ2v) is 6.28. The molecule has 0 saturated carbocycles. The third-order valence-corrected chi connectivity index (χ3v) is 4.34. The van der Waals surface area contributed by atoms with Gasteiger partial charge in [0.2, 0.25) is 0 Å². The number of fused-ring (bicyclic) bond motifs is 1. The third-order valence-electron chi connectivity index (χ3n) is 4.34. The van der Waals surface area contributed by atoms with Crippen molar-refractivity contribution in [1.29, 1.82) is 0 Å². The molecule has 0 unspecified atom stereocenters. The van der Waals surface area contributed by atoms with E-state index in [0.29, 0.717) is 5.56 Å². The first-order valence-corrected chi connectivity index (χ1v) is 8.83. The van der Waals surface area contributed by atoms with Crippen molar-refractivity contribution >= 4 is 34.4 Å². The van der Waals surface area contributed by atoms with Crippen LogP contribution in [-0.4, -0.2) is 46.9 Å². The van der Waals surface area contributed by atoms with Gasteiger partial charge in [0.1, 0.15) is 17.2 Å². The van der Waals surface area contributed by atoms with E-state index in [0.717, 1.165) is 4.90 Å². The molecule has 0 radical (unpaired) electrons. The summed E-state index contributed by atoms with van der Waals surface area (Å²) in [7, 11) is 2.63. The molecule has 0 bridgehead atoms. The number of rotatable bonds is 4. The van der Waals surface area contributed by atoms with Gasteiger partial charge in [-0.15, -0.1) is 0 Å². The summed E-state index contributed by atoms with van der Waals surface area (Å²) in [6.45, 7) is 0.0584. The lowest BCUT2D eigenvalue weighted by Gasteiger charge is -2.19. The molecule has 0 aliphatic carbocycles. The van der Waals surface area contributed by atoms with Crippen LogP contribution in [0.3, 0.4) is 0 Å². The second kappa shape index (κ2) is 8.52. The number of nitrogens with zero attached hydrogens (tertiary/aromatic N) is 3. The molecule has 2 heterocycles. The Morgan fingerprint density at radius 1 is 1.17 bits per heavy atom. The van der Waals surface area contributed by atoms with Gasteiger partial charge >= 0.3 is 11.8 Å². The van der Waals surface area contributed by atoms with Crippen molar-refractivity contribution in [2.24, 2.45) is 0 Å². The summed E-state index contributed by atoms with van der Waals surface area (Å²) in [6, 6.07) is 8.65. The lowest BCUT2D eigenvalue weighted by molar-refractivity contribution is -0.137. The molecule has 0 saturated heterocycles. The maximum absolute atomic E-state index is 13.0. The van der Waals surface area contributed by atoms with Gasteiger partial charge in [0.15, 0.2) is 11.4 Å². The summed E-state index contributed by atoms with van der Waals surface area (Å²) in [6.07, 6.45) is 1.41. The minimum Gasteiger partial charge on any atom is -0.504 e.